The van der Waals surface area contributed by atoms with Gasteiger partial charge in [-0.3, -0.25) is 0 Å². The summed E-state index contributed by atoms with van der Waals surface area (Å²) in [5, 5.41) is 11.8. The topological polar surface area (TPSA) is 52.7 Å². The largest absolute Gasteiger partial charge is 0.506 e. The molecule has 0 spiro atoms. The summed E-state index contributed by atoms with van der Waals surface area (Å²) in [5.74, 6) is -0.0596. The summed E-state index contributed by atoms with van der Waals surface area (Å²) >= 11 is 0. The molecule has 62 valence electrons. The molecule has 0 aliphatic carbocycles. The summed E-state index contributed by atoms with van der Waals surface area (Å²) in [6, 6.07) is 4.86. The van der Waals surface area contributed by atoms with E-state index >= 15 is 0 Å². The van der Waals surface area contributed by atoms with Crippen LogP contribution in [0.1, 0.15) is 0 Å². The summed E-state index contributed by atoms with van der Waals surface area (Å²) in [6.07, 6.45) is 0. The van der Waals surface area contributed by atoms with Crippen molar-refractivity contribution >= 4 is 11.4 Å². The molecule has 1 aliphatic heterocycles. The smallest absolute Gasteiger partial charge is 0.151 e. The highest BCUT2D eigenvalue weighted by Crippen LogP contribution is 2.32. The van der Waals surface area contributed by atoms with Crippen molar-refractivity contribution in [2.75, 3.05) is 18.0 Å². The van der Waals surface area contributed by atoms with E-state index in [0.29, 0.717) is 0 Å². The van der Waals surface area contributed by atoms with Crippen molar-refractivity contribution < 1.29 is 5.11 Å². The summed E-state index contributed by atoms with van der Waals surface area (Å²) in [6.45, 7) is 2.03. The second kappa shape index (κ2) is 2.48. The number of nitrogens with zero attached hydrogens (tertiary/aromatic N) is 2. The minimum atomic E-state index is -0.0596. The van der Waals surface area contributed by atoms with Crippen LogP contribution in [0.3, 0.4) is 0 Å². The molecule has 1 aromatic carbocycles. The zero-order valence-electron chi connectivity index (χ0n) is 6.40. The van der Waals surface area contributed by atoms with Crippen LogP contribution in [0.2, 0.25) is 0 Å². The summed E-state index contributed by atoms with van der Waals surface area (Å²) in [4.78, 5) is 12.3. The molecule has 0 unspecified atom stereocenters. The predicted molar refractivity (Wildman–Crippen MR) is 45.8 cm³/mol. The van der Waals surface area contributed by atoms with Crippen molar-refractivity contribution in [3.63, 3.8) is 0 Å². The van der Waals surface area contributed by atoms with Crippen molar-refractivity contribution in [2.45, 2.75) is 0 Å². The molecule has 12 heavy (non-hydrogen) atoms. The van der Waals surface area contributed by atoms with E-state index in [-0.39, 0.29) is 11.4 Å². The van der Waals surface area contributed by atoms with Crippen molar-refractivity contribution in [1.82, 2.24) is 0 Å². The molecule has 1 aromatic rings. The lowest BCUT2D eigenvalue weighted by atomic mass is 10.2. The first kappa shape index (κ1) is 7.09. The Bertz CT molecular complexity index is 321. The number of hydrogen-bond donors (Lipinski definition) is 1. The van der Waals surface area contributed by atoms with E-state index < -0.39 is 0 Å². The number of hydrogen-bond acceptors (Lipinski definition) is 4. The highest BCUT2D eigenvalue weighted by Gasteiger charge is 2.18. The predicted octanol–water partition coefficient (Wildman–Crippen LogP) is 1.61. The summed E-state index contributed by atoms with van der Waals surface area (Å²) < 4.78 is 0. The van der Waals surface area contributed by atoms with Crippen molar-refractivity contribution in [3.8, 4) is 5.75 Å². The first-order valence-corrected chi connectivity index (χ1v) is 3.72. The second-order valence-electron chi connectivity index (χ2n) is 2.75. The van der Waals surface area contributed by atoms with Gasteiger partial charge in [-0.15, -0.1) is 4.91 Å². The van der Waals surface area contributed by atoms with E-state index in [2.05, 4.69) is 10.1 Å². The quantitative estimate of drug-likeness (QED) is 0.533. The minimum Gasteiger partial charge on any atom is -0.506 e. The lowest BCUT2D eigenvalue weighted by Gasteiger charge is -2.02. The van der Waals surface area contributed by atoms with Gasteiger partial charge in [-0.1, -0.05) is 0 Å². The molecule has 0 atom stereocenters. The highest BCUT2D eigenvalue weighted by molar-refractivity contribution is 5.64. The lowest BCUT2D eigenvalue weighted by Crippen LogP contribution is -1.88. The van der Waals surface area contributed by atoms with Crippen LogP contribution in [0.4, 0.5) is 11.4 Å². The Morgan fingerprint density at radius 1 is 1.42 bits per heavy atom. The average molecular weight is 164 g/mol. The maximum atomic E-state index is 10.2. The number of benzene rings is 1. The van der Waals surface area contributed by atoms with Gasteiger partial charge in [0.2, 0.25) is 0 Å². The number of nitroso groups, excluding NO2 is 1. The van der Waals surface area contributed by atoms with Gasteiger partial charge >= 0.3 is 0 Å². The maximum absolute atomic E-state index is 10.2. The van der Waals surface area contributed by atoms with E-state index in [1.807, 2.05) is 0 Å². The van der Waals surface area contributed by atoms with Gasteiger partial charge < -0.3 is 10.0 Å². The Hall–Kier alpha value is -1.58. The third-order valence-corrected chi connectivity index (χ3v) is 1.87. The molecule has 1 N–H and O–H groups in total. The van der Waals surface area contributed by atoms with E-state index in [0.717, 1.165) is 18.8 Å². The molecule has 0 radical (unpaired) electrons. The van der Waals surface area contributed by atoms with Gasteiger partial charge in [-0.05, 0) is 23.4 Å². The molecule has 4 heteroatoms. The molecule has 4 nitrogen and oxygen atoms in total. The third-order valence-electron chi connectivity index (χ3n) is 1.87. The fourth-order valence-electron chi connectivity index (χ4n) is 1.09. The molecule has 0 amide bonds. The van der Waals surface area contributed by atoms with Crippen molar-refractivity contribution in [3.05, 3.63) is 23.1 Å². The van der Waals surface area contributed by atoms with E-state index in [1.54, 1.807) is 12.1 Å². The maximum Gasteiger partial charge on any atom is 0.151 e. The van der Waals surface area contributed by atoms with Crippen LogP contribution in [-0.4, -0.2) is 18.2 Å². The van der Waals surface area contributed by atoms with Crippen LogP contribution >= 0.6 is 0 Å². The Balaban J connectivity index is 2.39. The fourth-order valence-corrected chi connectivity index (χ4v) is 1.09. The van der Waals surface area contributed by atoms with Gasteiger partial charge in [0.05, 0.1) is 0 Å². The fraction of sp³-hybridized carbons (Fsp3) is 0.250. The molecule has 0 bridgehead atoms. The van der Waals surface area contributed by atoms with Crippen molar-refractivity contribution in [2.24, 2.45) is 5.18 Å². The summed E-state index contributed by atoms with van der Waals surface area (Å²) in [5.41, 5.74) is 1.06. The van der Waals surface area contributed by atoms with Gasteiger partial charge in [0, 0.05) is 18.8 Å². The second-order valence-corrected chi connectivity index (χ2v) is 2.75. The third kappa shape index (κ3) is 1.11. The Morgan fingerprint density at radius 2 is 2.17 bits per heavy atom. The van der Waals surface area contributed by atoms with E-state index in [1.165, 1.54) is 6.07 Å². The van der Waals surface area contributed by atoms with Gasteiger partial charge in [-0.25, -0.2) is 0 Å². The van der Waals surface area contributed by atoms with E-state index in [9.17, 15) is 4.91 Å². The first-order valence-electron chi connectivity index (χ1n) is 3.72. The number of rotatable bonds is 2. The van der Waals surface area contributed by atoms with Crippen LogP contribution in [-0.2, 0) is 0 Å². The molecule has 1 heterocycles. The minimum absolute atomic E-state index is 0.0596. The molecule has 2 rings (SSSR count). The molecular weight excluding hydrogens is 156 g/mol. The SMILES string of the molecule is O=Nc1cc(N2CC2)ccc1O. The Kier molecular flexibility index (Phi) is 1.46. The Morgan fingerprint density at radius 3 is 2.75 bits per heavy atom. The molecule has 0 aromatic heterocycles. The number of anilines is 1. The van der Waals surface area contributed by atoms with Crippen molar-refractivity contribution in [1.29, 1.82) is 0 Å². The normalized spacial score (nSPS) is 14.5. The zero-order valence-corrected chi connectivity index (χ0v) is 6.40. The molecule has 1 aliphatic rings. The van der Waals surface area contributed by atoms with Crippen LogP contribution in [0.15, 0.2) is 23.4 Å². The van der Waals surface area contributed by atoms with Crippen LogP contribution < -0.4 is 4.90 Å². The molecule has 1 fully saturated rings. The van der Waals surface area contributed by atoms with Crippen LogP contribution in [0, 0.1) is 4.91 Å². The zero-order chi connectivity index (χ0) is 8.55. The standard InChI is InChI=1S/C8H8N2O2/c11-8-2-1-6(10-3-4-10)5-7(8)9-12/h1-2,5,11H,3-4H2. The molecule has 1 saturated heterocycles. The van der Waals surface area contributed by atoms with Gasteiger partial charge in [-0.2, -0.15) is 0 Å². The number of phenols is 1. The van der Waals surface area contributed by atoms with Gasteiger partial charge in [0.25, 0.3) is 0 Å². The van der Waals surface area contributed by atoms with Gasteiger partial charge in [0.1, 0.15) is 5.75 Å². The Labute approximate surface area is 69.4 Å². The average Bonchev–Trinajstić information content (AvgIpc) is 2.88. The summed E-state index contributed by atoms with van der Waals surface area (Å²) in [7, 11) is 0. The molecule has 0 saturated carbocycles. The van der Waals surface area contributed by atoms with Crippen LogP contribution in [0.25, 0.3) is 0 Å². The molecular formula is C8H8N2O2. The number of aromatic hydroxyl groups is 1. The lowest BCUT2D eigenvalue weighted by molar-refractivity contribution is 0.477. The number of phenolic OH excluding ortho intramolecular Hbond substituents is 1. The first-order chi connectivity index (χ1) is 5.81. The van der Waals surface area contributed by atoms with Gasteiger partial charge in [0.15, 0.2) is 5.69 Å². The highest BCUT2D eigenvalue weighted by atomic mass is 16.3. The van der Waals surface area contributed by atoms with E-state index in [4.69, 9.17) is 5.11 Å². The monoisotopic (exact) mass is 164 g/mol. The van der Waals surface area contributed by atoms with Crippen LogP contribution in [0.5, 0.6) is 5.75 Å².